The monoisotopic (exact) mass is 249 g/mol. The van der Waals surface area contributed by atoms with E-state index in [1.54, 1.807) is 11.3 Å². The smallest absolute Gasteiger partial charge is 0.268 e. The van der Waals surface area contributed by atoms with Crippen LogP contribution in [0.15, 0.2) is 16.0 Å². The molecule has 0 bridgehead atoms. The summed E-state index contributed by atoms with van der Waals surface area (Å²) < 4.78 is 5.34. The second-order valence-electron chi connectivity index (χ2n) is 4.56. The van der Waals surface area contributed by atoms with Crippen LogP contribution in [-0.2, 0) is 12.0 Å². The van der Waals surface area contributed by atoms with Gasteiger partial charge in [0, 0.05) is 0 Å². The number of nitrogens with zero attached hydrogens (tertiary/aromatic N) is 2. The van der Waals surface area contributed by atoms with Gasteiger partial charge in [-0.15, -0.1) is 11.3 Å². The van der Waals surface area contributed by atoms with Crippen LogP contribution in [0.2, 0.25) is 0 Å². The van der Waals surface area contributed by atoms with Gasteiger partial charge in [0.15, 0.2) is 5.82 Å². The molecule has 90 valence electrons. The predicted octanol–water partition coefficient (Wildman–Crippen LogP) is 2.70. The minimum absolute atomic E-state index is 0.342. The Balaban J connectivity index is 1.95. The van der Waals surface area contributed by atoms with E-state index in [2.05, 4.69) is 28.5 Å². The molecular formula is C12H15N3OS. The lowest BCUT2D eigenvalue weighted by atomic mass is 9.77. The van der Waals surface area contributed by atoms with Crippen molar-refractivity contribution in [2.45, 2.75) is 38.1 Å². The fourth-order valence-electron chi connectivity index (χ4n) is 2.10. The Bertz CT molecular complexity index is 527. The van der Waals surface area contributed by atoms with Crippen molar-refractivity contribution in [3.05, 3.63) is 22.8 Å². The van der Waals surface area contributed by atoms with Crippen LogP contribution in [0.3, 0.4) is 0 Å². The largest absolute Gasteiger partial charge is 0.333 e. The Morgan fingerprint density at radius 1 is 1.53 bits per heavy atom. The number of rotatable bonds is 3. The van der Waals surface area contributed by atoms with E-state index in [0.717, 1.165) is 30.6 Å². The van der Waals surface area contributed by atoms with Gasteiger partial charge in [-0.05, 0) is 42.7 Å². The molecule has 0 atom stereocenters. The standard InChI is InChI=1S/C12H15N3OS/c1-2-8-4-7-17-9(8)10-14-11(15-16-10)12(13)5-3-6-12/h4,7H,2-3,5-6,13H2,1H3. The molecule has 1 fully saturated rings. The summed E-state index contributed by atoms with van der Waals surface area (Å²) in [5.74, 6) is 1.28. The van der Waals surface area contributed by atoms with Crippen LogP contribution in [-0.4, -0.2) is 10.1 Å². The fourth-order valence-corrected chi connectivity index (χ4v) is 3.02. The van der Waals surface area contributed by atoms with E-state index in [9.17, 15) is 0 Å². The molecule has 0 radical (unpaired) electrons. The maximum absolute atomic E-state index is 6.18. The van der Waals surface area contributed by atoms with Gasteiger partial charge in [-0.2, -0.15) is 4.98 Å². The number of hydrogen-bond donors (Lipinski definition) is 1. The van der Waals surface area contributed by atoms with Gasteiger partial charge >= 0.3 is 0 Å². The SMILES string of the molecule is CCc1ccsc1-c1nc(C2(N)CCC2)no1. The number of aryl methyl sites for hydroxylation is 1. The molecule has 5 heteroatoms. The first-order valence-electron chi connectivity index (χ1n) is 5.93. The molecule has 17 heavy (non-hydrogen) atoms. The zero-order valence-electron chi connectivity index (χ0n) is 9.77. The second kappa shape index (κ2) is 3.92. The zero-order chi connectivity index (χ0) is 11.9. The highest BCUT2D eigenvalue weighted by atomic mass is 32.1. The average molecular weight is 249 g/mol. The number of nitrogens with two attached hydrogens (primary N) is 1. The van der Waals surface area contributed by atoms with Crippen LogP contribution < -0.4 is 5.73 Å². The first kappa shape index (κ1) is 10.9. The van der Waals surface area contributed by atoms with E-state index < -0.39 is 0 Å². The molecule has 1 aliphatic rings. The topological polar surface area (TPSA) is 64.9 Å². The molecule has 0 unspecified atom stereocenters. The number of thiophene rings is 1. The van der Waals surface area contributed by atoms with E-state index in [1.807, 2.05) is 0 Å². The highest BCUT2D eigenvalue weighted by Gasteiger charge is 2.39. The molecule has 2 heterocycles. The first-order chi connectivity index (χ1) is 8.23. The molecule has 0 spiro atoms. The highest BCUT2D eigenvalue weighted by Crippen LogP contribution is 2.38. The third-order valence-electron chi connectivity index (χ3n) is 3.44. The number of aromatic nitrogens is 2. The van der Waals surface area contributed by atoms with Crippen LogP contribution in [0.25, 0.3) is 10.8 Å². The molecule has 0 saturated heterocycles. The summed E-state index contributed by atoms with van der Waals surface area (Å²) >= 11 is 1.64. The number of hydrogen-bond acceptors (Lipinski definition) is 5. The second-order valence-corrected chi connectivity index (χ2v) is 5.48. The molecule has 2 aromatic rings. The van der Waals surface area contributed by atoms with Gasteiger partial charge in [-0.25, -0.2) is 0 Å². The van der Waals surface area contributed by atoms with Gasteiger partial charge in [0.25, 0.3) is 5.89 Å². The van der Waals surface area contributed by atoms with Gasteiger partial charge in [0.2, 0.25) is 0 Å². The molecule has 0 amide bonds. The Morgan fingerprint density at radius 3 is 3.00 bits per heavy atom. The fraction of sp³-hybridized carbons (Fsp3) is 0.500. The molecule has 2 N–H and O–H groups in total. The van der Waals surface area contributed by atoms with Crippen molar-refractivity contribution in [1.82, 2.24) is 10.1 Å². The van der Waals surface area contributed by atoms with E-state index in [1.165, 1.54) is 5.56 Å². The van der Waals surface area contributed by atoms with Crippen LogP contribution >= 0.6 is 11.3 Å². The average Bonchev–Trinajstić information content (AvgIpc) is 2.93. The van der Waals surface area contributed by atoms with Crippen molar-refractivity contribution in [3.8, 4) is 10.8 Å². The van der Waals surface area contributed by atoms with E-state index in [0.29, 0.717) is 11.7 Å². The molecule has 1 saturated carbocycles. The first-order valence-corrected chi connectivity index (χ1v) is 6.81. The zero-order valence-corrected chi connectivity index (χ0v) is 10.6. The lowest BCUT2D eigenvalue weighted by Gasteiger charge is -2.34. The van der Waals surface area contributed by atoms with Crippen LogP contribution in [0, 0.1) is 0 Å². The van der Waals surface area contributed by atoms with Gasteiger partial charge < -0.3 is 10.3 Å². The Hall–Kier alpha value is -1.20. The predicted molar refractivity (Wildman–Crippen MR) is 66.7 cm³/mol. The third kappa shape index (κ3) is 1.70. The van der Waals surface area contributed by atoms with Gasteiger partial charge in [0.1, 0.15) is 0 Å². The van der Waals surface area contributed by atoms with Gasteiger partial charge in [0.05, 0.1) is 10.4 Å². The summed E-state index contributed by atoms with van der Waals surface area (Å²) in [4.78, 5) is 5.54. The third-order valence-corrected chi connectivity index (χ3v) is 4.38. The highest BCUT2D eigenvalue weighted by molar-refractivity contribution is 7.13. The summed E-state index contributed by atoms with van der Waals surface area (Å²) in [6.45, 7) is 2.12. The van der Waals surface area contributed by atoms with Crippen LogP contribution in [0.4, 0.5) is 0 Å². The summed E-state index contributed by atoms with van der Waals surface area (Å²) in [5.41, 5.74) is 7.09. The summed E-state index contributed by atoms with van der Waals surface area (Å²) in [7, 11) is 0. The van der Waals surface area contributed by atoms with Crippen molar-refractivity contribution >= 4 is 11.3 Å². The summed E-state index contributed by atoms with van der Waals surface area (Å²) in [6, 6.07) is 2.10. The van der Waals surface area contributed by atoms with Gasteiger partial charge in [-0.1, -0.05) is 12.1 Å². The van der Waals surface area contributed by atoms with E-state index in [-0.39, 0.29) is 5.54 Å². The molecular weight excluding hydrogens is 234 g/mol. The molecule has 0 aliphatic heterocycles. The van der Waals surface area contributed by atoms with Gasteiger partial charge in [-0.3, -0.25) is 0 Å². The van der Waals surface area contributed by atoms with Crippen molar-refractivity contribution in [2.24, 2.45) is 5.73 Å². The minimum Gasteiger partial charge on any atom is -0.333 e. The molecule has 3 rings (SSSR count). The van der Waals surface area contributed by atoms with E-state index in [4.69, 9.17) is 10.3 Å². The summed E-state index contributed by atoms with van der Waals surface area (Å²) in [5, 5.41) is 6.09. The van der Waals surface area contributed by atoms with Crippen molar-refractivity contribution in [2.75, 3.05) is 0 Å². The quantitative estimate of drug-likeness (QED) is 0.908. The molecule has 4 nitrogen and oxygen atoms in total. The molecule has 1 aliphatic carbocycles. The maximum atomic E-state index is 6.18. The van der Waals surface area contributed by atoms with Crippen LogP contribution in [0.5, 0.6) is 0 Å². The lowest BCUT2D eigenvalue weighted by molar-refractivity contribution is 0.229. The van der Waals surface area contributed by atoms with Crippen molar-refractivity contribution in [1.29, 1.82) is 0 Å². The molecule has 2 aromatic heterocycles. The van der Waals surface area contributed by atoms with E-state index >= 15 is 0 Å². The van der Waals surface area contributed by atoms with Crippen LogP contribution in [0.1, 0.15) is 37.6 Å². The lowest BCUT2D eigenvalue weighted by Crippen LogP contribution is -2.44. The maximum Gasteiger partial charge on any atom is 0.268 e. The minimum atomic E-state index is -0.342. The summed E-state index contributed by atoms with van der Waals surface area (Å²) in [6.07, 6.45) is 4.04. The Labute approximate surface area is 104 Å². The van der Waals surface area contributed by atoms with Crippen molar-refractivity contribution in [3.63, 3.8) is 0 Å². The molecule has 0 aromatic carbocycles. The Morgan fingerprint density at radius 2 is 2.35 bits per heavy atom. The Kier molecular flexibility index (Phi) is 2.52. The van der Waals surface area contributed by atoms with Crippen molar-refractivity contribution < 1.29 is 4.52 Å². The normalized spacial score (nSPS) is 18.0.